The maximum atomic E-state index is 11.2. The van der Waals surface area contributed by atoms with Crippen LogP contribution in [0.1, 0.15) is 6.42 Å². The summed E-state index contributed by atoms with van der Waals surface area (Å²) in [4.78, 5) is 32.1. The molecule has 0 aromatic heterocycles. The molecule has 0 amide bonds. The fourth-order valence-electron chi connectivity index (χ4n) is 1.17. The fourth-order valence-corrected chi connectivity index (χ4v) is 1.17. The highest BCUT2D eigenvalue weighted by Gasteiger charge is 2.34. The van der Waals surface area contributed by atoms with Crippen LogP contribution in [-0.4, -0.2) is 86.0 Å². The molecule has 6 N–H and O–H groups in total. The van der Waals surface area contributed by atoms with Crippen LogP contribution >= 0.6 is 0 Å². The Morgan fingerprint density at radius 2 is 1.65 bits per heavy atom. The van der Waals surface area contributed by atoms with Crippen molar-refractivity contribution < 1.29 is 49.8 Å². The lowest BCUT2D eigenvalue weighted by molar-refractivity contribution is -0.176. The minimum Gasteiger partial charge on any atom is -0.481 e. The van der Waals surface area contributed by atoms with E-state index in [-0.39, 0.29) is 6.29 Å². The lowest BCUT2D eigenvalue weighted by Gasteiger charge is -2.25. The standard InChI is InChI=1S/C10H16O10/c11-2-5(14)8(17)9(18)6(3-12)20-10(19)4(13)1-7(15)16/h3-6,8-9,11,13-14,17-18H,1-2H2,(H,15,16)/t4?,5-,6+,8+,9-/m1/s1. The zero-order chi connectivity index (χ0) is 15.9. The van der Waals surface area contributed by atoms with Crippen molar-refractivity contribution in [3.8, 4) is 0 Å². The molecule has 10 heteroatoms. The Balaban J connectivity index is 4.65. The average Bonchev–Trinajstić information content (AvgIpc) is 2.40. The number of aliphatic hydroxyl groups is 5. The van der Waals surface area contributed by atoms with E-state index in [1.807, 2.05) is 0 Å². The molecular formula is C10H16O10. The van der Waals surface area contributed by atoms with Gasteiger partial charge in [0, 0.05) is 0 Å². The molecule has 5 atom stereocenters. The monoisotopic (exact) mass is 296 g/mol. The van der Waals surface area contributed by atoms with Gasteiger partial charge in [-0.15, -0.1) is 0 Å². The first kappa shape index (κ1) is 18.4. The summed E-state index contributed by atoms with van der Waals surface area (Å²) in [6, 6.07) is 0. The summed E-state index contributed by atoms with van der Waals surface area (Å²) in [6.07, 6.45) is -10.9. The van der Waals surface area contributed by atoms with Crippen LogP contribution in [0.4, 0.5) is 0 Å². The van der Waals surface area contributed by atoms with Crippen molar-refractivity contribution in [2.75, 3.05) is 6.61 Å². The van der Waals surface area contributed by atoms with E-state index in [0.717, 1.165) is 0 Å². The SMILES string of the molecule is O=C[C@H](OC(=O)C(O)CC(=O)O)[C@@H](O)[C@@H](O)[C@H](O)CO. The van der Waals surface area contributed by atoms with E-state index in [2.05, 4.69) is 4.74 Å². The molecule has 0 saturated heterocycles. The molecule has 0 saturated carbocycles. The first-order valence-corrected chi connectivity index (χ1v) is 5.45. The lowest BCUT2D eigenvalue weighted by atomic mass is 10.0. The number of aliphatic carboxylic acids is 1. The molecule has 0 radical (unpaired) electrons. The van der Waals surface area contributed by atoms with Crippen molar-refractivity contribution in [1.29, 1.82) is 0 Å². The van der Waals surface area contributed by atoms with Crippen LogP contribution in [0.25, 0.3) is 0 Å². The Kier molecular flexibility index (Phi) is 7.87. The van der Waals surface area contributed by atoms with E-state index in [1.165, 1.54) is 0 Å². The predicted octanol–water partition coefficient (Wildman–Crippen LogP) is -3.99. The molecule has 0 aliphatic rings. The molecule has 0 aromatic carbocycles. The Labute approximate surface area is 112 Å². The zero-order valence-electron chi connectivity index (χ0n) is 10.2. The van der Waals surface area contributed by atoms with Crippen LogP contribution in [0, 0.1) is 0 Å². The van der Waals surface area contributed by atoms with Gasteiger partial charge in [-0.1, -0.05) is 0 Å². The Hall–Kier alpha value is -1.59. The van der Waals surface area contributed by atoms with Gasteiger partial charge in [0.25, 0.3) is 0 Å². The molecule has 0 bridgehead atoms. The average molecular weight is 296 g/mol. The number of hydrogen-bond donors (Lipinski definition) is 6. The zero-order valence-corrected chi connectivity index (χ0v) is 10.2. The van der Waals surface area contributed by atoms with Crippen molar-refractivity contribution in [2.24, 2.45) is 0 Å². The van der Waals surface area contributed by atoms with Crippen LogP contribution in [0.15, 0.2) is 0 Å². The second kappa shape index (κ2) is 8.55. The summed E-state index contributed by atoms with van der Waals surface area (Å²) in [6.45, 7) is -0.917. The van der Waals surface area contributed by atoms with Gasteiger partial charge in [0.2, 0.25) is 0 Å². The summed E-state index contributed by atoms with van der Waals surface area (Å²) in [7, 11) is 0. The Morgan fingerprint density at radius 3 is 2.05 bits per heavy atom. The van der Waals surface area contributed by atoms with Gasteiger partial charge in [0.1, 0.15) is 18.3 Å². The summed E-state index contributed by atoms with van der Waals surface area (Å²) in [5.74, 6) is -2.98. The molecule has 10 nitrogen and oxygen atoms in total. The minimum absolute atomic E-state index is 0.0800. The molecule has 0 spiro atoms. The summed E-state index contributed by atoms with van der Waals surface area (Å²) >= 11 is 0. The van der Waals surface area contributed by atoms with Gasteiger partial charge < -0.3 is 35.4 Å². The molecule has 0 heterocycles. The molecule has 116 valence electrons. The molecule has 0 aliphatic heterocycles. The van der Waals surface area contributed by atoms with E-state index in [9.17, 15) is 24.6 Å². The number of rotatable bonds is 9. The van der Waals surface area contributed by atoms with Gasteiger partial charge in [-0.25, -0.2) is 4.79 Å². The second-order valence-electron chi connectivity index (χ2n) is 3.88. The fraction of sp³-hybridized carbons (Fsp3) is 0.700. The maximum Gasteiger partial charge on any atom is 0.336 e. The van der Waals surface area contributed by atoms with Crippen molar-refractivity contribution in [3.05, 3.63) is 0 Å². The molecule has 0 aliphatic carbocycles. The summed E-state index contributed by atoms with van der Waals surface area (Å²) in [5.41, 5.74) is 0. The van der Waals surface area contributed by atoms with E-state index in [1.54, 1.807) is 0 Å². The van der Waals surface area contributed by atoms with Gasteiger partial charge >= 0.3 is 11.9 Å². The molecule has 20 heavy (non-hydrogen) atoms. The van der Waals surface area contributed by atoms with E-state index >= 15 is 0 Å². The van der Waals surface area contributed by atoms with E-state index < -0.39 is 55.5 Å². The van der Waals surface area contributed by atoms with Gasteiger partial charge in [-0.3, -0.25) is 9.59 Å². The highest BCUT2D eigenvalue weighted by atomic mass is 16.6. The number of carboxylic acids is 1. The third kappa shape index (κ3) is 5.59. The predicted molar refractivity (Wildman–Crippen MR) is 59.3 cm³/mol. The maximum absolute atomic E-state index is 11.2. The highest BCUT2D eigenvalue weighted by Crippen LogP contribution is 2.09. The largest absolute Gasteiger partial charge is 0.481 e. The second-order valence-corrected chi connectivity index (χ2v) is 3.88. The number of carbonyl (C=O) groups excluding carboxylic acids is 2. The molecular weight excluding hydrogens is 280 g/mol. The quantitative estimate of drug-likeness (QED) is 0.181. The van der Waals surface area contributed by atoms with Gasteiger partial charge in [0.05, 0.1) is 13.0 Å². The van der Waals surface area contributed by atoms with Gasteiger partial charge in [-0.05, 0) is 0 Å². The smallest absolute Gasteiger partial charge is 0.336 e. The van der Waals surface area contributed by atoms with E-state index in [4.69, 9.17) is 20.4 Å². The minimum atomic E-state index is -2.06. The highest BCUT2D eigenvalue weighted by molar-refractivity contribution is 5.82. The van der Waals surface area contributed by atoms with Gasteiger partial charge in [0.15, 0.2) is 18.5 Å². The van der Waals surface area contributed by atoms with Crippen LogP contribution < -0.4 is 0 Å². The number of hydrogen-bond acceptors (Lipinski definition) is 9. The topological polar surface area (TPSA) is 182 Å². The van der Waals surface area contributed by atoms with Crippen LogP contribution in [0.5, 0.6) is 0 Å². The number of esters is 1. The normalized spacial score (nSPS) is 18.4. The number of carbonyl (C=O) groups is 3. The number of aliphatic hydroxyl groups excluding tert-OH is 5. The Morgan fingerprint density at radius 1 is 1.10 bits per heavy atom. The van der Waals surface area contributed by atoms with Crippen molar-refractivity contribution >= 4 is 18.2 Å². The Bertz CT molecular complexity index is 343. The number of carboxylic acid groups (broad SMARTS) is 1. The van der Waals surface area contributed by atoms with Crippen LogP contribution in [-0.2, 0) is 19.1 Å². The van der Waals surface area contributed by atoms with Crippen LogP contribution in [0.2, 0.25) is 0 Å². The summed E-state index contributed by atoms with van der Waals surface area (Å²) < 4.78 is 4.32. The third-order valence-electron chi connectivity index (χ3n) is 2.29. The van der Waals surface area contributed by atoms with Crippen molar-refractivity contribution in [1.82, 2.24) is 0 Å². The summed E-state index contributed by atoms with van der Waals surface area (Å²) in [5, 5.41) is 53.8. The van der Waals surface area contributed by atoms with Crippen molar-refractivity contribution in [2.45, 2.75) is 36.9 Å². The van der Waals surface area contributed by atoms with Crippen LogP contribution in [0.3, 0.4) is 0 Å². The van der Waals surface area contributed by atoms with Gasteiger partial charge in [-0.2, -0.15) is 0 Å². The first-order chi connectivity index (χ1) is 9.24. The molecule has 1 unspecified atom stereocenters. The number of ether oxygens (including phenoxy) is 1. The molecule has 0 rings (SSSR count). The molecule has 0 aromatic rings. The number of aldehydes is 1. The lowest BCUT2D eigenvalue weighted by Crippen LogP contribution is -2.48. The third-order valence-corrected chi connectivity index (χ3v) is 2.29. The van der Waals surface area contributed by atoms with E-state index in [0.29, 0.717) is 0 Å². The van der Waals surface area contributed by atoms with Crippen molar-refractivity contribution in [3.63, 3.8) is 0 Å². The first-order valence-electron chi connectivity index (χ1n) is 5.45. The molecule has 0 fully saturated rings.